The van der Waals surface area contributed by atoms with Crippen molar-refractivity contribution >= 4 is 23.3 Å². The summed E-state index contributed by atoms with van der Waals surface area (Å²) < 4.78 is 37.2. The molecule has 78 valence electrons. The predicted octanol–water partition coefficient (Wildman–Crippen LogP) is 1.58. The zero-order valence-electron chi connectivity index (χ0n) is 7.51. The molecular weight excluding hydrogens is 206 g/mol. The number of hydrogen-bond donors (Lipinski definition) is 1. The van der Waals surface area contributed by atoms with Crippen molar-refractivity contribution in [1.29, 1.82) is 0 Å². The number of aromatic amines is 1. The van der Waals surface area contributed by atoms with Gasteiger partial charge in [-0.2, -0.15) is 0 Å². The lowest BCUT2D eigenvalue weighted by Crippen LogP contribution is -2.33. The first-order valence-electron chi connectivity index (χ1n) is 4.30. The van der Waals surface area contributed by atoms with Crippen LogP contribution in [0.3, 0.4) is 0 Å². The summed E-state index contributed by atoms with van der Waals surface area (Å²) in [6, 6.07) is 5.85. The lowest BCUT2D eigenvalue weighted by atomic mass is 9.79. The maximum Gasteiger partial charge on any atom is 0.509 e. The molecule has 1 aromatic heterocycles. The van der Waals surface area contributed by atoms with Gasteiger partial charge in [0.25, 0.3) is 0 Å². The van der Waals surface area contributed by atoms with Gasteiger partial charge in [-0.05, 0) is 17.5 Å². The van der Waals surface area contributed by atoms with E-state index in [1.165, 1.54) is 18.2 Å². The smallest absolute Gasteiger partial charge is 0.445 e. The molecule has 0 aliphatic heterocycles. The molecule has 6 heteroatoms. The molecule has 2 nitrogen and oxygen atoms in total. The van der Waals surface area contributed by atoms with Gasteiger partial charge in [0.1, 0.15) is 0 Å². The quantitative estimate of drug-likeness (QED) is 0.715. The van der Waals surface area contributed by atoms with E-state index in [0.29, 0.717) is 10.9 Å². The van der Waals surface area contributed by atoms with E-state index in [2.05, 4.69) is 4.98 Å². The number of rotatable bonds is 1. The number of fused-ring (bicyclic) bond motifs is 1. The van der Waals surface area contributed by atoms with Crippen LogP contribution in [-0.4, -0.2) is 12.0 Å². The maximum atomic E-state index is 12.4. The first-order valence-corrected chi connectivity index (χ1v) is 4.30. The van der Waals surface area contributed by atoms with Gasteiger partial charge in [0, 0.05) is 11.6 Å². The average Bonchev–Trinajstić information content (AvgIpc) is 2.15. The Hall–Kier alpha value is -1.72. The van der Waals surface area contributed by atoms with E-state index >= 15 is 0 Å². The molecule has 0 saturated heterocycles. The van der Waals surface area contributed by atoms with Crippen molar-refractivity contribution < 1.29 is 12.9 Å². The molecule has 1 aromatic carbocycles. The molecule has 0 saturated carbocycles. The summed E-state index contributed by atoms with van der Waals surface area (Å²) in [6.45, 7) is -4.99. The van der Waals surface area contributed by atoms with Gasteiger partial charge in [0.2, 0.25) is 5.56 Å². The lowest BCUT2D eigenvalue weighted by molar-refractivity contribution is 0.501. The van der Waals surface area contributed by atoms with E-state index in [9.17, 15) is 17.7 Å². The molecule has 0 bridgehead atoms. The van der Waals surface area contributed by atoms with E-state index < -0.39 is 12.4 Å². The molecule has 0 aliphatic carbocycles. The van der Waals surface area contributed by atoms with Crippen molar-refractivity contribution in [2.45, 2.75) is 0 Å². The van der Waals surface area contributed by atoms with E-state index in [-0.39, 0.29) is 5.56 Å². The zero-order valence-corrected chi connectivity index (χ0v) is 7.51. The second-order valence-electron chi connectivity index (χ2n) is 3.24. The molecule has 1 heterocycles. The van der Waals surface area contributed by atoms with Gasteiger partial charge in [-0.3, -0.25) is 4.79 Å². The number of halogens is 3. The SMILES string of the molecule is O=c1ccc2cc([B-](F)(F)F)ccc2[nH]1. The van der Waals surface area contributed by atoms with Gasteiger partial charge in [-0.1, -0.05) is 12.1 Å². The fraction of sp³-hybridized carbons (Fsp3) is 0. The first kappa shape index (κ1) is 9.83. The molecule has 15 heavy (non-hydrogen) atoms. The topological polar surface area (TPSA) is 32.9 Å². The Bertz CT molecular complexity index is 561. The van der Waals surface area contributed by atoms with Crippen LogP contribution in [0.1, 0.15) is 0 Å². The summed E-state index contributed by atoms with van der Waals surface area (Å²) in [5, 5.41) is 0.381. The number of H-pyrrole nitrogens is 1. The highest BCUT2D eigenvalue weighted by Gasteiger charge is 2.25. The molecule has 0 radical (unpaired) electrons. The number of aromatic nitrogens is 1. The molecular formula is C9H6BF3NO-. The lowest BCUT2D eigenvalue weighted by Gasteiger charge is -2.14. The molecule has 1 N–H and O–H groups in total. The van der Waals surface area contributed by atoms with Crippen LogP contribution >= 0.6 is 0 Å². The third kappa shape index (κ3) is 1.88. The minimum atomic E-state index is -4.99. The highest BCUT2D eigenvalue weighted by molar-refractivity contribution is 6.73. The Labute approximate surface area is 82.8 Å². The summed E-state index contributed by atoms with van der Waals surface area (Å²) in [5.74, 6) is 0. The average molecular weight is 212 g/mol. The monoisotopic (exact) mass is 212 g/mol. The highest BCUT2D eigenvalue weighted by atomic mass is 19.4. The van der Waals surface area contributed by atoms with Crippen LogP contribution in [0.25, 0.3) is 10.9 Å². The number of benzene rings is 1. The van der Waals surface area contributed by atoms with Crippen LogP contribution in [0.15, 0.2) is 35.1 Å². The Kier molecular flexibility index (Phi) is 2.06. The van der Waals surface area contributed by atoms with E-state index in [0.717, 1.165) is 12.1 Å². The van der Waals surface area contributed by atoms with E-state index in [1.54, 1.807) is 0 Å². The van der Waals surface area contributed by atoms with Crippen molar-refractivity contribution in [3.63, 3.8) is 0 Å². The standard InChI is InChI=1S/C9H6BF3NO/c11-10(12,13)7-2-3-8-6(5-7)1-4-9(15)14-8/h1-5H,(H,14,15)/q-1. The second kappa shape index (κ2) is 3.15. The van der Waals surface area contributed by atoms with Crippen LogP contribution in [0, 0.1) is 0 Å². The van der Waals surface area contributed by atoms with Crippen LogP contribution < -0.4 is 11.0 Å². The summed E-state index contributed by atoms with van der Waals surface area (Å²) in [5.41, 5.74) is -0.575. The summed E-state index contributed by atoms with van der Waals surface area (Å²) in [6.07, 6.45) is 0. The van der Waals surface area contributed by atoms with Crippen molar-refractivity contribution in [3.05, 3.63) is 40.7 Å². The zero-order chi connectivity index (χ0) is 11.1. The van der Waals surface area contributed by atoms with E-state index in [1.807, 2.05) is 0 Å². The first-order chi connectivity index (χ1) is 6.97. The van der Waals surface area contributed by atoms with Gasteiger partial charge < -0.3 is 17.9 Å². The Balaban J connectivity index is 2.67. The Morgan fingerprint density at radius 1 is 1.07 bits per heavy atom. The van der Waals surface area contributed by atoms with Crippen molar-refractivity contribution in [2.24, 2.45) is 0 Å². The molecule has 0 unspecified atom stereocenters. The second-order valence-corrected chi connectivity index (χ2v) is 3.24. The third-order valence-corrected chi connectivity index (χ3v) is 2.13. The predicted molar refractivity (Wildman–Crippen MR) is 53.3 cm³/mol. The number of hydrogen-bond acceptors (Lipinski definition) is 1. The fourth-order valence-corrected chi connectivity index (χ4v) is 1.38. The highest BCUT2D eigenvalue weighted by Crippen LogP contribution is 2.13. The van der Waals surface area contributed by atoms with Gasteiger partial charge >= 0.3 is 6.98 Å². The molecule has 0 aliphatic rings. The fourth-order valence-electron chi connectivity index (χ4n) is 1.38. The molecule has 2 aromatic rings. The van der Waals surface area contributed by atoms with E-state index in [4.69, 9.17) is 0 Å². The van der Waals surface area contributed by atoms with Gasteiger partial charge in [-0.25, -0.2) is 0 Å². The van der Waals surface area contributed by atoms with Gasteiger partial charge in [0.05, 0.1) is 0 Å². The molecule has 0 amide bonds. The third-order valence-electron chi connectivity index (χ3n) is 2.13. The maximum absolute atomic E-state index is 12.4. The van der Waals surface area contributed by atoms with Gasteiger partial charge in [0.15, 0.2) is 0 Å². The van der Waals surface area contributed by atoms with Crippen LogP contribution in [0.4, 0.5) is 12.9 Å². The molecule has 2 rings (SSSR count). The molecule has 0 spiro atoms. The van der Waals surface area contributed by atoms with Crippen molar-refractivity contribution in [2.75, 3.05) is 0 Å². The Morgan fingerprint density at radius 3 is 2.47 bits per heavy atom. The van der Waals surface area contributed by atoms with Crippen molar-refractivity contribution in [3.8, 4) is 0 Å². The molecule has 0 fully saturated rings. The largest absolute Gasteiger partial charge is 0.509 e. The summed E-state index contributed by atoms with van der Waals surface area (Å²) in [7, 11) is 0. The van der Waals surface area contributed by atoms with Crippen LogP contribution in [0.5, 0.6) is 0 Å². The van der Waals surface area contributed by atoms with Gasteiger partial charge in [-0.15, -0.1) is 5.46 Å². The Morgan fingerprint density at radius 2 is 1.80 bits per heavy atom. The van der Waals surface area contributed by atoms with Crippen LogP contribution in [0.2, 0.25) is 0 Å². The summed E-state index contributed by atoms with van der Waals surface area (Å²) >= 11 is 0. The molecule has 0 atom stereocenters. The summed E-state index contributed by atoms with van der Waals surface area (Å²) in [4.78, 5) is 13.3. The minimum Gasteiger partial charge on any atom is -0.445 e. The number of pyridine rings is 1. The normalized spacial score (nSPS) is 11.9. The van der Waals surface area contributed by atoms with Crippen molar-refractivity contribution in [1.82, 2.24) is 4.98 Å². The minimum absolute atomic E-state index is 0.326. The van der Waals surface area contributed by atoms with Crippen LogP contribution in [-0.2, 0) is 0 Å². The number of nitrogens with one attached hydrogen (secondary N) is 1.